The van der Waals surface area contributed by atoms with Gasteiger partial charge < -0.3 is 17.4 Å². The first-order chi connectivity index (χ1) is 14.9. The maximum absolute atomic E-state index is 11.4. The molecule has 0 aliphatic heterocycles. The Hall–Kier alpha value is -1.31. The topological polar surface area (TPSA) is 114 Å². The molecule has 0 spiro atoms. The quantitative estimate of drug-likeness (QED) is 0.190. The second-order valence-corrected chi connectivity index (χ2v) is 12.7. The number of hydrogen-bond acceptors (Lipinski definition) is 7. The van der Waals surface area contributed by atoms with E-state index in [1.807, 2.05) is 0 Å². The van der Waals surface area contributed by atoms with E-state index >= 15 is 0 Å². The molecule has 0 fully saturated rings. The Morgan fingerprint density at radius 3 is 1.70 bits per heavy atom. The number of aromatic nitrogens is 1. The molecule has 33 heavy (non-hydrogen) atoms. The Balaban J connectivity index is 0.000000633. The number of hydrogen-bond donors (Lipinski definition) is 0. The molecule has 194 valence electrons. The molecule has 1 aromatic heterocycles. The molecule has 0 radical (unpaired) electrons. The summed E-state index contributed by atoms with van der Waals surface area (Å²) in [5, 5.41) is 0. The van der Waals surface area contributed by atoms with Gasteiger partial charge in [0.05, 0.1) is 0 Å². The van der Waals surface area contributed by atoms with Crippen molar-refractivity contribution in [3.05, 3.63) is 34.2 Å². The molecule has 0 aromatic carbocycles. The van der Waals surface area contributed by atoms with Gasteiger partial charge in [-0.05, 0) is 6.42 Å². The fourth-order valence-electron chi connectivity index (χ4n) is 2.21. The number of rotatable bonds is 10. The second kappa shape index (κ2) is 12.4. The standard InChI is InChI=1S/C13H24NO3Si.C2F6NO4S2/c1-13-9-5-6-10-14(13)11-7-8-12-18(15-2,16-3)17-4;3-1(4,5)14(10,11)9-15(12,13)2(6,7)8/h5-6,9-10H,7-8,11-12H2,1-4H3;/q+1;-1. The fourth-order valence-corrected chi connectivity index (χ4v) is 5.71. The minimum Gasteiger partial charge on any atom is -0.421 e. The van der Waals surface area contributed by atoms with Gasteiger partial charge in [-0.15, -0.1) is 0 Å². The van der Waals surface area contributed by atoms with Crippen molar-refractivity contribution in [1.29, 1.82) is 0 Å². The van der Waals surface area contributed by atoms with E-state index in [0.29, 0.717) is 0 Å². The van der Waals surface area contributed by atoms with Gasteiger partial charge in [0.2, 0.25) is 0 Å². The van der Waals surface area contributed by atoms with Gasteiger partial charge in [-0.1, -0.05) is 6.07 Å². The van der Waals surface area contributed by atoms with E-state index in [4.69, 9.17) is 13.3 Å². The van der Waals surface area contributed by atoms with Crippen LogP contribution in [0.15, 0.2) is 24.4 Å². The zero-order chi connectivity index (χ0) is 26.1. The maximum Gasteiger partial charge on any atom is 0.500 e. The van der Waals surface area contributed by atoms with E-state index in [0.717, 1.165) is 29.6 Å². The number of aryl methyl sites for hydroxylation is 2. The molecule has 18 heteroatoms. The lowest BCUT2D eigenvalue weighted by Crippen LogP contribution is -2.43. The highest BCUT2D eigenvalue weighted by Gasteiger charge is 2.47. The normalized spacial score (nSPS) is 13.4. The minimum atomic E-state index is -6.72. The molecule has 9 nitrogen and oxygen atoms in total. The molecule has 0 N–H and O–H groups in total. The maximum atomic E-state index is 11.4. The van der Waals surface area contributed by atoms with Crippen LogP contribution < -0.4 is 4.57 Å². The summed E-state index contributed by atoms with van der Waals surface area (Å²) in [5.41, 5.74) is -11.1. The molecular formula is C15H24F6N2O7S2Si. The third-order valence-corrected chi connectivity index (χ3v) is 9.59. The summed E-state index contributed by atoms with van der Waals surface area (Å²) in [6.07, 6.45) is 4.26. The summed E-state index contributed by atoms with van der Waals surface area (Å²) < 4.78 is 128. The monoisotopic (exact) mass is 550 g/mol. The Labute approximate surface area is 189 Å². The largest absolute Gasteiger partial charge is 0.500 e. The van der Waals surface area contributed by atoms with Gasteiger partial charge in [0, 0.05) is 52.9 Å². The zero-order valence-corrected chi connectivity index (χ0v) is 20.6. The zero-order valence-electron chi connectivity index (χ0n) is 18.0. The number of halogens is 6. The Morgan fingerprint density at radius 2 is 1.33 bits per heavy atom. The Kier molecular flexibility index (Phi) is 11.9. The van der Waals surface area contributed by atoms with Crippen molar-refractivity contribution in [2.24, 2.45) is 0 Å². The van der Waals surface area contributed by atoms with E-state index < -0.39 is 39.9 Å². The minimum absolute atomic E-state index is 0.778. The van der Waals surface area contributed by atoms with Crippen molar-refractivity contribution in [2.75, 3.05) is 21.3 Å². The number of nitrogens with zero attached hydrogens (tertiary/aromatic N) is 2. The molecule has 0 saturated carbocycles. The highest BCUT2D eigenvalue weighted by molar-refractivity contribution is 8.13. The molecule has 0 aliphatic rings. The lowest BCUT2D eigenvalue weighted by molar-refractivity contribution is -0.703. The summed E-state index contributed by atoms with van der Waals surface area (Å²) >= 11 is 0. The van der Waals surface area contributed by atoms with Crippen molar-refractivity contribution < 1.29 is 61.0 Å². The molecule has 1 aromatic rings. The van der Waals surface area contributed by atoms with Crippen molar-refractivity contribution in [3.63, 3.8) is 0 Å². The SMILES string of the molecule is CO[Si](CCCC[n+]1ccccc1C)(OC)OC.O=S(=O)([N-]S(=O)(=O)C(F)(F)F)C(F)(F)F. The lowest BCUT2D eigenvalue weighted by Gasteiger charge is -2.23. The average Bonchev–Trinajstić information content (AvgIpc) is 2.68. The van der Waals surface area contributed by atoms with Gasteiger partial charge >= 0.3 is 19.8 Å². The van der Waals surface area contributed by atoms with Crippen LogP contribution in [0, 0.1) is 6.92 Å². The van der Waals surface area contributed by atoms with E-state index in [-0.39, 0.29) is 0 Å². The third-order valence-electron chi connectivity index (χ3n) is 4.01. The molecule has 0 saturated heterocycles. The number of pyridine rings is 1. The highest BCUT2D eigenvalue weighted by Crippen LogP contribution is 2.36. The van der Waals surface area contributed by atoms with Crippen molar-refractivity contribution in [1.82, 2.24) is 0 Å². The molecule has 0 atom stereocenters. The lowest BCUT2D eigenvalue weighted by atomic mass is 10.3. The summed E-state index contributed by atoms with van der Waals surface area (Å²) in [6, 6.07) is 7.11. The number of alkyl halides is 6. The van der Waals surface area contributed by atoms with Crippen LogP contribution in [0.5, 0.6) is 0 Å². The van der Waals surface area contributed by atoms with Crippen LogP contribution in [0.3, 0.4) is 0 Å². The van der Waals surface area contributed by atoms with Gasteiger partial charge in [-0.25, -0.2) is 21.4 Å². The fraction of sp³-hybridized carbons (Fsp3) is 0.667. The Bertz CT molecular complexity index is 902. The van der Waals surface area contributed by atoms with Gasteiger partial charge in [-0.2, -0.15) is 26.3 Å². The van der Waals surface area contributed by atoms with Crippen molar-refractivity contribution in [2.45, 2.75) is 43.4 Å². The van der Waals surface area contributed by atoms with E-state index in [2.05, 4.69) is 35.9 Å². The first-order valence-electron chi connectivity index (χ1n) is 8.85. The van der Waals surface area contributed by atoms with E-state index in [9.17, 15) is 43.2 Å². The molecule has 1 heterocycles. The molecule has 0 unspecified atom stereocenters. The summed E-state index contributed by atoms with van der Waals surface area (Å²) in [4.78, 5) is 0. The molecule has 1 rings (SSSR count). The van der Waals surface area contributed by atoms with Gasteiger partial charge in [-0.3, -0.25) is 0 Å². The summed E-state index contributed by atoms with van der Waals surface area (Å²) in [6.45, 7) is 3.15. The predicted molar refractivity (Wildman–Crippen MR) is 106 cm³/mol. The molecular weight excluding hydrogens is 526 g/mol. The molecule has 0 aliphatic carbocycles. The second-order valence-electron chi connectivity index (χ2n) is 6.20. The van der Waals surface area contributed by atoms with Gasteiger partial charge in [0.25, 0.3) is 0 Å². The van der Waals surface area contributed by atoms with Crippen LogP contribution >= 0.6 is 0 Å². The molecule has 0 bridgehead atoms. The molecule has 0 amide bonds. The van der Waals surface area contributed by atoms with Crippen LogP contribution in [0.4, 0.5) is 26.3 Å². The van der Waals surface area contributed by atoms with Crippen LogP contribution in [0.1, 0.15) is 18.5 Å². The van der Waals surface area contributed by atoms with Gasteiger partial charge in [0.1, 0.15) is 6.54 Å². The van der Waals surface area contributed by atoms with Crippen LogP contribution in [-0.4, -0.2) is 58.0 Å². The number of unbranched alkanes of at least 4 members (excludes halogenated alkanes) is 1. The number of sulfonamides is 2. The van der Waals surface area contributed by atoms with Crippen molar-refractivity contribution in [3.8, 4) is 0 Å². The summed E-state index contributed by atoms with van der Waals surface area (Å²) in [5.74, 6) is 0. The summed E-state index contributed by atoms with van der Waals surface area (Å²) in [7, 11) is -10.8. The van der Waals surface area contributed by atoms with E-state index in [1.54, 1.807) is 21.3 Å². The van der Waals surface area contributed by atoms with Gasteiger partial charge in [0.15, 0.2) is 31.9 Å². The highest BCUT2D eigenvalue weighted by atomic mass is 32.3. The predicted octanol–water partition coefficient (Wildman–Crippen LogP) is 3.00. The van der Waals surface area contributed by atoms with Crippen LogP contribution in [0.2, 0.25) is 6.04 Å². The first kappa shape index (κ1) is 31.7. The third kappa shape index (κ3) is 9.83. The van der Waals surface area contributed by atoms with Crippen LogP contribution in [-0.2, 0) is 39.9 Å². The smallest absolute Gasteiger partial charge is 0.421 e. The average molecular weight is 551 g/mol. The van der Waals surface area contributed by atoms with Crippen molar-refractivity contribution >= 4 is 28.9 Å². The Morgan fingerprint density at radius 1 is 0.879 bits per heavy atom. The first-order valence-corrected chi connectivity index (χ1v) is 13.7. The van der Waals surface area contributed by atoms with Crippen LogP contribution in [0.25, 0.3) is 4.13 Å². The van der Waals surface area contributed by atoms with E-state index in [1.165, 1.54) is 5.69 Å².